The Morgan fingerprint density at radius 1 is 1.35 bits per heavy atom. The molecule has 0 fully saturated rings. The van der Waals surface area contributed by atoms with Crippen LogP contribution in [0.25, 0.3) is 6.08 Å². The molecule has 0 unspecified atom stereocenters. The number of pyridine rings is 1. The van der Waals surface area contributed by atoms with Crippen molar-refractivity contribution in [3.63, 3.8) is 0 Å². The van der Waals surface area contributed by atoms with Gasteiger partial charge in [-0.05, 0) is 50.5 Å². The highest BCUT2D eigenvalue weighted by atomic mass is 32.1. The molecule has 2 N–H and O–H groups in total. The lowest BCUT2D eigenvalue weighted by Crippen LogP contribution is -2.38. The third-order valence-electron chi connectivity index (χ3n) is 4.88. The first-order valence-corrected chi connectivity index (χ1v) is 11.7. The van der Waals surface area contributed by atoms with E-state index in [1.165, 1.54) is 17.4 Å². The summed E-state index contributed by atoms with van der Waals surface area (Å²) < 4.78 is 5.17. The molecule has 178 valence electrons. The quantitative estimate of drug-likeness (QED) is 0.609. The van der Waals surface area contributed by atoms with Gasteiger partial charge in [-0.2, -0.15) is 5.26 Å². The monoisotopic (exact) mass is 481 g/mol. The zero-order chi connectivity index (χ0) is 24.7. The van der Waals surface area contributed by atoms with Crippen LogP contribution >= 0.6 is 11.3 Å². The molecule has 3 rings (SSSR count). The molecule has 0 saturated carbocycles. The number of ether oxygens (including phenoxy) is 1. The van der Waals surface area contributed by atoms with Crippen molar-refractivity contribution in [1.82, 2.24) is 15.2 Å². The molecule has 0 atom stereocenters. The normalized spacial score (nSPS) is 13.2. The molecule has 2 aromatic rings. The second kappa shape index (κ2) is 10.9. The van der Waals surface area contributed by atoms with Gasteiger partial charge in [0, 0.05) is 42.9 Å². The van der Waals surface area contributed by atoms with E-state index >= 15 is 0 Å². The van der Waals surface area contributed by atoms with Crippen LogP contribution in [-0.2, 0) is 27.3 Å². The summed E-state index contributed by atoms with van der Waals surface area (Å²) >= 11 is 1.31. The van der Waals surface area contributed by atoms with Crippen molar-refractivity contribution in [2.45, 2.75) is 45.8 Å². The number of rotatable bonds is 6. The first-order valence-electron chi connectivity index (χ1n) is 10.8. The topological polar surface area (TPSA) is 124 Å². The molecule has 0 aliphatic carbocycles. The first kappa shape index (κ1) is 24.9. The Hall–Kier alpha value is -3.71. The Kier molecular flexibility index (Phi) is 8.02. The SMILES string of the molecule is CC(C)(C)OC(=O)NCCC(=O)N1CCc2c(sc(NC(=O)C=Cc3cccnc3)c2C#N)C1. The summed E-state index contributed by atoms with van der Waals surface area (Å²) in [5.74, 6) is -0.446. The Balaban J connectivity index is 1.58. The second-order valence-corrected chi connectivity index (χ2v) is 9.78. The number of carbonyl (C=O) groups is 3. The van der Waals surface area contributed by atoms with Crippen LogP contribution in [0.15, 0.2) is 30.6 Å². The fourth-order valence-corrected chi connectivity index (χ4v) is 4.58. The van der Waals surface area contributed by atoms with Gasteiger partial charge in [0.2, 0.25) is 11.8 Å². The summed E-state index contributed by atoms with van der Waals surface area (Å²) in [7, 11) is 0. The first-order chi connectivity index (χ1) is 16.2. The Morgan fingerprint density at radius 2 is 2.15 bits per heavy atom. The van der Waals surface area contributed by atoms with Gasteiger partial charge in [0.15, 0.2) is 0 Å². The predicted molar refractivity (Wildman–Crippen MR) is 129 cm³/mol. The van der Waals surface area contributed by atoms with E-state index in [2.05, 4.69) is 21.7 Å². The van der Waals surface area contributed by atoms with Crippen molar-refractivity contribution < 1.29 is 19.1 Å². The number of thiophene rings is 1. The largest absolute Gasteiger partial charge is 0.444 e. The molecular formula is C24H27N5O4S. The highest BCUT2D eigenvalue weighted by Gasteiger charge is 2.27. The second-order valence-electron chi connectivity index (χ2n) is 8.67. The van der Waals surface area contributed by atoms with Crippen LogP contribution in [0.1, 0.15) is 48.8 Å². The molecule has 0 saturated heterocycles. The number of carbonyl (C=O) groups excluding carboxylic acids is 3. The third kappa shape index (κ3) is 6.89. The molecule has 1 aliphatic rings. The summed E-state index contributed by atoms with van der Waals surface area (Å²) in [6, 6.07) is 5.80. The van der Waals surface area contributed by atoms with Crippen LogP contribution < -0.4 is 10.6 Å². The maximum absolute atomic E-state index is 12.6. The number of hydrogen-bond acceptors (Lipinski definition) is 7. The average molecular weight is 482 g/mol. The fraction of sp³-hybridized carbons (Fsp3) is 0.375. The van der Waals surface area contributed by atoms with Crippen molar-refractivity contribution in [1.29, 1.82) is 5.26 Å². The van der Waals surface area contributed by atoms with E-state index in [0.29, 0.717) is 30.1 Å². The van der Waals surface area contributed by atoms with Gasteiger partial charge in [-0.15, -0.1) is 11.3 Å². The van der Waals surface area contributed by atoms with Crippen LogP contribution in [-0.4, -0.2) is 46.5 Å². The summed E-state index contributed by atoms with van der Waals surface area (Å²) in [4.78, 5) is 43.3. The molecule has 0 aromatic carbocycles. The van der Waals surface area contributed by atoms with Crippen LogP contribution in [0.2, 0.25) is 0 Å². The lowest BCUT2D eigenvalue weighted by molar-refractivity contribution is -0.131. The van der Waals surface area contributed by atoms with E-state index in [9.17, 15) is 19.6 Å². The highest BCUT2D eigenvalue weighted by Crippen LogP contribution is 2.36. The summed E-state index contributed by atoms with van der Waals surface area (Å²) in [6.07, 6.45) is 6.45. The molecule has 0 radical (unpaired) electrons. The molecule has 1 aliphatic heterocycles. The van der Waals surface area contributed by atoms with Crippen molar-refractivity contribution >= 4 is 40.3 Å². The van der Waals surface area contributed by atoms with E-state index in [4.69, 9.17) is 4.74 Å². The number of nitrogens with zero attached hydrogens (tertiary/aromatic N) is 3. The van der Waals surface area contributed by atoms with Gasteiger partial charge >= 0.3 is 6.09 Å². The number of fused-ring (bicyclic) bond motifs is 1. The zero-order valence-electron chi connectivity index (χ0n) is 19.4. The van der Waals surface area contributed by atoms with Crippen LogP contribution in [0.3, 0.4) is 0 Å². The lowest BCUT2D eigenvalue weighted by atomic mass is 10.0. The Labute approximate surface area is 202 Å². The number of nitriles is 1. The number of nitrogens with one attached hydrogen (secondary N) is 2. The fourth-order valence-electron chi connectivity index (χ4n) is 3.37. The maximum Gasteiger partial charge on any atom is 0.407 e. The standard InChI is InChI=1S/C24H27N5O4S/c1-24(2,3)33-23(32)27-11-8-21(31)29-12-9-17-18(13-25)22(34-19(17)15-29)28-20(30)7-6-16-5-4-10-26-14-16/h4-7,10,14H,8-9,11-12,15H2,1-3H3,(H,27,32)(H,28,30). The van der Waals surface area contributed by atoms with Crippen LogP contribution in [0.5, 0.6) is 0 Å². The van der Waals surface area contributed by atoms with Gasteiger partial charge in [-0.1, -0.05) is 6.07 Å². The van der Waals surface area contributed by atoms with Crippen LogP contribution in [0.4, 0.5) is 9.80 Å². The molecule has 3 amide bonds. The van der Waals surface area contributed by atoms with E-state index < -0.39 is 11.7 Å². The van der Waals surface area contributed by atoms with Crippen molar-refractivity contribution in [2.75, 3.05) is 18.4 Å². The minimum Gasteiger partial charge on any atom is -0.444 e. The number of hydrogen-bond donors (Lipinski definition) is 2. The molecule has 34 heavy (non-hydrogen) atoms. The zero-order valence-corrected chi connectivity index (χ0v) is 20.2. The van der Waals surface area contributed by atoms with Crippen molar-refractivity contribution in [3.8, 4) is 6.07 Å². The summed E-state index contributed by atoms with van der Waals surface area (Å²) in [6.45, 7) is 6.32. The third-order valence-corrected chi connectivity index (χ3v) is 6.01. The van der Waals surface area contributed by atoms with E-state index in [0.717, 1.165) is 16.0 Å². The van der Waals surface area contributed by atoms with E-state index in [1.807, 2.05) is 6.07 Å². The molecule has 2 aromatic heterocycles. The number of anilines is 1. The molecular weight excluding hydrogens is 454 g/mol. The minimum atomic E-state index is -0.601. The summed E-state index contributed by atoms with van der Waals surface area (Å²) in [5, 5.41) is 15.5. The van der Waals surface area contributed by atoms with Crippen molar-refractivity contribution in [2.24, 2.45) is 0 Å². The van der Waals surface area contributed by atoms with Gasteiger partial charge in [0.05, 0.1) is 12.1 Å². The van der Waals surface area contributed by atoms with E-state index in [-0.39, 0.29) is 24.8 Å². The Morgan fingerprint density at radius 3 is 2.82 bits per heavy atom. The van der Waals surface area contributed by atoms with Gasteiger partial charge in [0.25, 0.3) is 0 Å². The van der Waals surface area contributed by atoms with Crippen LogP contribution in [0, 0.1) is 11.3 Å². The summed E-state index contributed by atoms with van der Waals surface area (Å²) in [5.41, 5.74) is 1.51. The molecule has 0 bridgehead atoms. The average Bonchev–Trinajstić information content (AvgIpc) is 3.13. The van der Waals surface area contributed by atoms with Gasteiger partial charge in [0.1, 0.15) is 16.7 Å². The molecule has 10 heteroatoms. The number of aromatic nitrogens is 1. The predicted octanol–water partition coefficient (Wildman–Crippen LogP) is 3.47. The van der Waals surface area contributed by atoms with Crippen molar-refractivity contribution in [3.05, 3.63) is 52.2 Å². The van der Waals surface area contributed by atoms with E-state index in [1.54, 1.807) is 50.2 Å². The highest BCUT2D eigenvalue weighted by molar-refractivity contribution is 7.16. The lowest BCUT2D eigenvalue weighted by Gasteiger charge is -2.27. The number of amides is 3. The van der Waals surface area contributed by atoms with Gasteiger partial charge < -0.3 is 20.3 Å². The molecule has 3 heterocycles. The Bertz CT molecular complexity index is 1130. The molecule has 9 nitrogen and oxygen atoms in total. The smallest absolute Gasteiger partial charge is 0.407 e. The van der Waals surface area contributed by atoms with Gasteiger partial charge in [-0.3, -0.25) is 14.6 Å². The number of alkyl carbamates (subject to hydrolysis) is 1. The maximum atomic E-state index is 12.6. The minimum absolute atomic E-state index is 0.0985. The van der Waals surface area contributed by atoms with Gasteiger partial charge in [-0.25, -0.2) is 4.79 Å². The molecule has 0 spiro atoms.